The number of carbonyl (C=O) groups excluding carboxylic acids is 2. The molecule has 2 rings (SSSR count). The normalized spacial score (nSPS) is 16.4. The lowest BCUT2D eigenvalue weighted by molar-refractivity contribution is -0.385. The molecule has 0 spiro atoms. The van der Waals surface area contributed by atoms with Crippen LogP contribution < -0.4 is 5.32 Å². The number of guanidine groups is 1. The van der Waals surface area contributed by atoms with Gasteiger partial charge in [0.1, 0.15) is 5.56 Å². The van der Waals surface area contributed by atoms with Crippen LogP contribution in [0.2, 0.25) is 5.02 Å². The Bertz CT molecular complexity index is 643. The van der Waals surface area contributed by atoms with Crippen molar-refractivity contribution < 1.29 is 14.5 Å². The molecule has 0 aromatic heterocycles. The summed E-state index contributed by atoms with van der Waals surface area (Å²) in [5, 5.41) is 13.4. The van der Waals surface area contributed by atoms with Crippen molar-refractivity contribution in [1.29, 1.82) is 0 Å². The molecule has 1 aliphatic heterocycles. The fourth-order valence-electron chi connectivity index (χ4n) is 1.66. The second kappa shape index (κ2) is 5.25. The molecule has 2 amide bonds. The maximum absolute atomic E-state index is 12.0. The molecule has 0 aliphatic carbocycles. The molecular formula is C11H9ClN4O4. The number of aliphatic imine (C=N–C) groups is 1. The van der Waals surface area contributed by atoms with E-state index in [2.05, 4.69) is 10.3 Å². The van der Waals surface area contributed by atoms with E-state index in [0.717, 1.165) is 6.07 Å². The van der Waals surface area contributed by atoms with E-state index in [4.69, 9.17) is 11.6 Å². The highest BCUT2D eigenvalue weighted by atomic mass is 35.5. The van der Waals surface area contributed by atoms with Crippen molar-refractivity contribution >= 4 is 35.1 Å². The lowest BCUT2D eigenvalue weighted by Crippen LogP contribution is -2.28. The van der Waals surface area contributed by atoms with E-state index in [1.54, 1.807) is 7.05 Å². The zero-order valence-electron chi connectivity index (χ0n) is 10.3. The van der Waals surface area contributed by atoms with Crippen molar-refractivity contribution in [2.45, 2.75) is 0 Å². The quantitative estimate of drug-likeness (QED) is 0.642. The third kappa shape index (κ3) is 2.75. The minimum absolute atomic E-state index is 0.0503. The van der Waals surface area contributed by atoms with Crippen molar-refractivity contribution in [3.63, 3.8) is 0 Å². The van der Waals surface area contributed by atoms with Crippen LogP contribution in [0, 0.1) is 10.1 Å². The van der Waals surface area contributed by atoms with Gasteiger partial charge in [0.25, 0.3) is 11.6 Å². The second-order valence-corrected chi connectivity index (χ2v) is 4.50. The molecule has 1 saturated heterocycles. The Kier molecular flexibility index (Phi) is 3.66. The number of nitro benzene ring substituents is 1. The Morgan fingerprint density at radius 3 is 2.80 bits per heavy atom. The number of amides is 2. The number of rotatable bonds is 2. The lowest BCUT2D eigenvalue weighted by Gasteiger charge is -2.07. The van der Waals surface area contributed by atoms with Gasteiger partial charge in [-0.2, -0.15) is 4.99 Å². The van der Waals surface area contributed by atoms with Crippen LogP contribution in [-0.2, 0) is 4.79 Å². The molecule has 1 aromatic carbocycles. The maximum Gasteiger partial charge on any atom is 0.287 e. The number of halogens is 1. The Hall–Kier alpha value is -2.48. The van der Waals surface area contributed by atoms with Gasteiger partial charge in [-0.25, -0.2) is 0 Å². The highest BCUT2D eigenvalue weighted by Gasteiger charge is 2.25. The molecule has 1 fully saturated rings. The number of nitrogens with one attached hydrogen (secondary N) is 1. The number of nitrogens with zero attached hydrogens (tertiary/aromatic N) is 3. The minimum Gasteiger partial charge on any atom is -0.336 e. The van der Waals surface area contributed by atoms with Crippen molar-refractivity contribution in [3.8, 4) is 0 Å². The first-order valence-corrected chi connectivity index (χ1v) is 5.84. The van der Waals surface area contributed by atoms with Gasteiger partial charge in [-0.05, 0) is 12.1 Å². The average molecular weight is 297 g/mol. The van der Waals surface area contributed by atoms with Crippen LogP contribution in [0.25, 0.3) is 0 Å². The van der Waals surface area contributed by atoms with Crippen LogP contribution in [0.5, 0.6) is 0 Å². The second-order valence-electron chi connectivity index (χ2n) is 4.06. The number of hydrogen-bond acceptors (Lipinski definition) is 4. The van der Waals surface area contributed by atoms with Crippen LogP contribution in [0.4, 0.5) is 5.69 Å². The summed E-state index contributed by atoms with van der Waals surface area (Å²) in [5.74, 6) is -1.10. The lowest BCUT2D eigenvalue weighted by atomic mass is 10.1. The van der Waals surface area contributed by atoms with Gasteiger partial charge >= 0.3 is 0 Å². The zero-order chi connectivity index (χ0) is 14.9. The third-order valence-corrected chi connectivity index (χ3v) is 2.82. The predicted molar refractivity (Wildman–Crippen MR) is 70.6 cm³/mol. The van der Waals surface area contributed by atoms with Gasteiger partial charge in [-0.15, -0.1) is 0 Å². The first-order chi connectivity index (χ1) is 9.38. The summed E-state index contributed by atoms with van der Waals surface area (Å²) in [7, 11) is 1.57. The fraction of sp³-hybridized carbons (Fsp3) is 0.182. The van der Waals surface area contributed by atoms with Crippen LogP contribution in [0.3, 0.4) is 0 Å². The predicted octanol–water partition coefficient (Wildman–Crippen LogP) is 0.806. The summed E-state index contributed by atoms with van der Waals surface area (Å²) in [4.78, 5) is 38.4. The van der Waals surface area contributed by atoms with Gasteiger partial charge in [0, 0.05) is 18.1 Å². The number of nitro groups is 1. The van der Waals surface area contributed by atoms with E-state index < -0.39 is 16.5 Å². The van der Waals surface area contributed by atoms with E-state index >= 15 is 0 Å². The first-order valence-electron chi connectivity index (χ1n) is 5.46. The van der Waals surface area contributed by atoms with Gasteiger partial charge in [0.15, 0.2) is 0 Å². The van der Waals surface area contributed by atoms with Crippen LogP contribution >= 0.6 is 11.6 Å². The van der Waals surface area contributed by atoms with E-state index in [1.165, 1.54) is 17.0 Å². The highest BCUT2D eigenvalue weighted by molar-refractivity contribution is 6.31. The standard InChI is InChI=1S/C11H9ClN4O4/c1-15-5-9(17)13-11(15)14-10(18)7-4-6(12)2-3-8(7)16(19)20/h2-4H,5H2,1H3,(H,13,14,17,18). The molecule has 0 atom stereocenters. The van der Waals surface area contributed by atoms with Crippen molar-refractivity contribution in [2.75, 3.05) is 13.6 Å². The minimum atomic E-state index is -0.844. The van der Waals surface area contributed by atoms with E-state index in [0.29, 0.717) is 0 Å². The highest BCUT2D eigenvalue weighted by Crippen LogP contribution is 2.23. The van der Waals surface area contributed by atoms with Crippen molar-refractivity contribution in [2.24, 2.45) is 4.99 Å². The molecule has 8 nitrogen and oxygen atoms in total. The monoisotopic (exact) mass is 296 g/mol. The molecule has 1 N–H and O–H groups in total. The topological polar surface area (TPSA) is 105 Å². The third-order valence-electron chi connectivity index (χ3n) is 2.59. The van der Waals surface area contributed by atoms with Crippen LogP contribution in [0.15, 0.2) is 23.2 Å². The van der Waals surface area contributed by atoms with Gasteiger partial charge in [-0.3, -0.25) is 25.0 Å². The van der Waals surface area contributed by atoms with Gasteiger partial charge in [0.05, 0.1) is 11.5 Å². The zero-order valence-corrected chi connectivity index (χ0v) is 11.0. The Labute approximate surface area is 118 Å². The summed E-state index contributed by atoms with van der Waals surface area (Å²) in [6.45, 7) is 0.0732. The summed E-state index contributed by atoms with van der Waals surface area (Å²) < 4.78 is 0. The van der Waals surface area contributed by atoms with E-state index in [9.17, 15) is 19.7 Å². The average Bonchev–Trinajstić information content (AvgIpc) is 2.67. The van der Waals surface area contributed by atoms with Gasteiger partial charge in [0.2, 0.25) is 11.9 Å². The smallest absolute Gasteiger partial charge is 0.287 e. The summed E-state index contributed by atoms with van der Waals surface area (Å²) in [6, 6.07) is 3.61. The Morgan fingerprint density at radius 2 is 2.25 bits per heavy atom. The molecule has 1 heterocycles. The SMILES string of the molecule is CN1CC(=O)NC1=NC(=O)c1cc(Cl)ccc1[N+](=O)[O-]. The molecule has 0 bridgehead atoms. The van der Waals surface area contributed by atoms with Gasteiger partial charge < -0.3 is 4.90 Å². The van der Waals surface area contributed by atoms with Crippen LogP contribution in [0.1, 0.15) is 10.4 Å². The van der Waals surface area contributed by atoms with Crippen LogP contribution in [-0.4, -0.2) is 41.2 Å². The number of carbonyl (C=O) groups is 2. The number of benzene rings is 1. The largest absolute Gasteiger partial charge is 0.336 e. The Morgan fingerprint density at radius 1 is 1.55 bits per heavy atom. The molecule has 104 valence electrons. The molecule has 9 heteroatoms. The van der Waals surface area contributed by atoms with Crippen molar-refractivity contribution in [3.05, 3.63) is 38.9 Å². The van der Waals surface area contributed by atoms with Crippen molar-refractivity contribution in [1.82, 2.24) is 10.2 Å². The summed E-state index contributed by atoms with van der Waals surface area (Å²) in [6.07, 6.45) is 0. The molecule has 0 saturated carbocycles. The van der Waals surface area contributed by atoms with Gasteiger partial charge in [-0.1, -0.05) is 11.6 Å². The molecule has 1 aliphatic rings. The molecule has 0 unspecified atom stereocenters. The molecular weight excluding hydrogens is 288 g/mol. The molecule has 0 radical (unpaired) electrons. The van der Waals surface area contributed by atoms with E-state index in [1.807, 2.05) is 0 Å². The van der Waals surface area contributed by atoms with E-state index in [-0.39, 0.29) is 29.0 Å². The summed E-state index contributed by atoms with van der Waals surface area (Å²) >= 11 is 5.73. The number of hydrogen-bond donors (Lipinski definition) is 1. The molecule has 1 aromatic rings. The number of likely N-dealkylation sites (N-methyl/N-ethyl adjacent to an activating group) is 1. The summed E-state index contributed by atoms with van der Waals surface area (Å²) in [5.41, 5.74) is -0.625. The fourth-order valence-corrected chi connectivity index (χ4v) is 1.83. The first kappa shape index (κ1) is 13.9. The maximum atomic E-state index is 12.0. The Balaban J connectivity index is 2.39. The molecule has 20 heavy (non-hydrogen) atoms.